The summed E-state index contributed by atoms with van der Waals surface area (Å²) < 4.78 is 4.76. The molecule has 0 bridgehead atoms. The van der Waals surface area contributed by atoms with Gasteiger partial charge in [-0.05, 0) is 13.3 Å². The molecule has 0 aromatic rings. The van der Waals surface area contributed by atoms with Gasteiger partial charge in [0.15, 0.2) is 0 Å². The van der Waals surface area contributed by atoms with Crippen LogP contribution in [-0.4, -0.2) is 67.1 Å². The van der Waals surface area contributed by atoms with Gasteiger partial charge in [-0.2, -0.15) is 0 Å². The fraction of sp³-hybridized carbons (Fsp3) is 0.833. The number of nitrogens with zero attached hydrogens (tertiary/aromatic N) is 1. The Bertz CT molecular complexity index is 310. The van der Waals surface area contributed by atoms with Gasteiger partial charge in [0.05, 0.1) is 24.7 Å². The van der Waals surface area contributed by atoms with E-state index in [1.807, 2.05) is 0 Å². The Balaban J connectivity index is 4.27. The van der Waals surface area contributed by atoms with Crippen molar-refractivity contribution >= 4 is 12.0 Å². The quantitative estimate of drug-likeness (QED) is 0.585. The molecule has 0 aromatic heterocycles. The lowest BCUT2D eigenvalue weighted by atomic mass is 9.88. The van der Waals surface area contributed by atoms with Gasteiger partial charge >= 0.3 is 12.0 Å². The minimum absolute atomic E-state index is 0.0440. The molecule has 112 valence electrons. The van der Waals surface area contributed by atoms with E-state index in [0.717, 1.165) is 0 Å². The summed E-state index contributed by atoms with van der Waals surface area (Å²) in [6.45, 7) is 3.64. The zero-order chi connectivity index (χ0) is 15.1. The maximum absolute atomic E-state index is 11.7. The number of carboxylic acid groups (broad SMARTS) is 1. The molecule has 2 amide bonds. The highest BCUT2D eigenvalue weighted by Gasteiger charge is 2.31. The summed E-state index contributed by atoms with van der Waals surface area (Å²) in [5.74, 6) is -0.947. The number of amides is 2. The molecule has 0 saturated heterocycles. The average molecular weight is 276 g/mol. The molecule has 0 radical (unpaired) electrons. The van der Waals surface area contributed by atoms with Crippen LogP contribution in [0.1, 0.15) is 20.3 Å². The van der Waals surface area contributed by atoms with Gasteiger partial charge in [-0.3, -0.25) is 4.79 Å². The van der Waals surface area contributed by atoms with Crippen LogP contribution in [0.25, 0.3) is 0 Å². The van der Waals surface area contributed by atoms with Crippen molar-refractivity contribution in [2.75, 3.05) is 33.9 Å². The molecular weight excluding hydrogens is 252 g/mol. The Morgan fingerprint density at radius 3 is 2.47 bits per heavy atom. The van der Waals surface area contributed by atoms with E-state index in [1.54, 1.807) is 13.8 Å². The Labute approximate surface area is 113 Å². The van der Waals surface area contributed by atoms with E-state index in [4.69, 9.17) is 9.84 Å². The van der Waals surface area contributed by atoms with Crippen LogP contribution in [0.5, 0.6) is 0 Å². The molecular formula is C12H24N2O5. The fourth-order valence-corrected chi connectivity index (χ4v) is 1.40. The van der Waals surface area contributed by atoms with Gasteiger partial charge in [0, 0.05) is 20.7 Å². The van der Waals surface area contributed by atoms with E-state index in [0.29, 0.717) is 6.42 Å². The Kier molecular flexibility index (Phi) is 7.40. The van der Waals surface area contributed by atoms with Gasteiger partial charge < -0.3 is 25.2 Å². The number of hydrogen-bond donors (Lipinski definition) is 3. The number of rotatable bonds is 8. The third-order valence-electron chi connectivity index (χ3n) is 3.12. The molecule has 0 fully saturated rings. The number of carbonyl (C=O) groups is 2. The molecule has 19 heavy (non-hydrogen) atoms. The highest BCUT2D eigenvalue weighted by Crippen LogP contribution is 2.19. The fourth-order valence-electron chi connectivity index (χ4n) is 1.40. The number of likely N-dealkylation sites (N-methyl/N-ethyl adjacent to an activating group) is 1. The van der Waals surface area contributed by atoms with Crippen LogP contribution < -0.4 is 5.32 Å². The minimum Gasteiger partial charge on any atom is -0.481 e. The van der Waals surface area contributed by atoms with Gasteiger partial charge in [-0.1, -0.05) is 6.92 Å². The molecule has 0 aliphatic rings. The van der Waals surface area contributed by atoms with Crippen LogP contribution in [0.2, 0.25) is 0 Å². The third-order valence-corrected chi connectivity index (χ3v) is 3.12. The molecule has 0 rings (SSSR count). The van der Waals surface area contributed by atoms with Crippen LogP contribution in [0.4, 0.5) is 4.79 Å². The molecule has 0 aromatic carbocycles. The Hall–Kier alpha value is -1.34. The average Bonchev–Trinajstić information content (AvgIpc) is 2.35. The molecule has 0 spiro atoms. The Morgan fingerprint density at radius 2 is 2.05 bits per heavy atom. The summed E-state index contributed by atoms with van der Waals surface area (Å²) in [6, 6.07) is -0.420. The topological polar surface area (TPSA) is 99.1 Å². The number of aliphatic hydroxyl groups is 1. The molecule has 0 aliphatic carbocycles. The van der Waals surface area contributed by atoms with Crippen LogP contribution in [0, 0.1) is 5.41 Å². The number of aliphatic hydroxyl groups excluding tert-OH is 1. The number of carboxylic acids is 1. The van der Waals surface area contributed by atoms with Crippen molar-refractivity contribution in [3.63, 3.8) is 0 Å². The lowest BCUT2D eigenvalue weighted by Gasteiger charge is -2.26. The summed E-state index contributed by atoms with van der Waals surface area (Å²) in [6.07, 6.45) is -0.351. The molecule has 0 heterocycles. The van der Waals surface area contributed by atoms with Crippen molar-refractivity contribution in [3.05, 3.63) is 0 Å². The zero-order valence-electron chi connectivity index (χ0n) is 12.0. The first-order valence-corrected chi connectivity index (χ1v) is 6.16. The molecule has 0 aliphatic heterocycles. The van der Waals surface area contributed by atoms with Crippen molar-refractivity contribution in [3.8, 4) is 0 Å². The summed E-state index contributed by atoms with van der Waals surface area (Å²) in [5.41, 5.74) is -0.984. The number of urea groups is 1. The molecule has 7 heteroatoms. The minimum atomic E-state index is -0.984. The smallest absolute Gasteiger partial charge is 0.317 e. The van der Waals surface area contributed by atoms with Gasteiger partial charge in [-0.15, -0.1) is 0 Å². The maximum atomic E-state index is 11.7. The molecule has 2 unspecified atom stereocenters. The SMILES string of the molecule is CCC(C)(CNC(=O)N(C)CC(O)COC)C(=O)O. The van der Waals surface area contributed by atoms with E-state index in [-0.39, 0.29) is 19.7 Å². The van der Waals surface area contributed by atoms with E-state index >= 15 is 0 Å². The van der Waals surface area contributed by atoms with Crippen molar-refractivity contribution < 1.29 is 24.5 Å². The number of methoxy groups -OCH3 is 1. The summed E-state index contributed by atoms with van der Waals surface area (Å²) in [7, 11) is 2.99. The summed E-state index contributed by atoms with van der Waals surface area (Å²) in [5, 5.41) is 21.1. The van der Waals surface area contributed by atoms with E-state index in [9.17, 15) is 14.7 Å². The van der Waals surface area contributed by atoms with E-state index in [1.165, 1.54) is 19.1 Å². The molecule has 2 atom stereocenters. The first-order valence-electron chi connectivity index (χ1n) is 6.16. The molecule has 7 nitrogen and oxygen atoms in total. The Morgan fingerprint density at radius 1 is 1.47 bits per heavy atom. The first kappa shape index (κ1) is 17.7. The number of carbonyl (C=O) groups excluding carboxylic acids is 1. The molecule has 3 N–H and O–H groups in total. The van der Waals surface area contributed by atoms with Crippen LogP contribution in [-0.2, 0) is 9.53 Å². The van der Waals surface area contributed by atoms with Crippen molar-refractivity contribution in [2.45, 2.75) is 26.4 Å². The summed E-state index contributed by atoms with van der Waals surface area (Å²) in [4.78, 5) is 24.1. The van der Waals surface area contributed by atoms with Gasteiger partial charge in [0.1, 0.15) is 0 Å². The lowest BCUT2D eigenvalue weighted by molar-refractivity contribution is -0.147. The summed E-state index contributed by atoms with van der Waals surface area (Å²) >= 11 is 0. The maximum Gasteiger partial charge on any atom is 0.317 e. The zero-order valence-corrected chi connectivity index (χ0v) is 12.0. The van der Waals surface area contributed by atoms with E-state index < -0.39 is 23.5 Å². The first-order chi connectivity index (χ1) is 8.76. The van der Waals surface area contributed by atoms with Crippen LogP contribution in [0.3, 0.4) is 0 Å². The van der Waals surface area contributed by atoms with Crippen LogP contribution >= 0.6 is 0 Å². The van der Waals surface area contributed by atoms with E-state index in [2.05, 4.69) is 5.32 Å². The molecule has 0 saturated carbocycles. The van der Waals surface area contributed by atoms with Gasteiger partial charge in [-0.25, -0.2) is 4.79 Å². The van der Waals surface area contributed by atoms with Crippen LogP contribution in [0.15, 0.2) is 0 Å². The standard InChI is InChI=1S/C12H24N2O5/c1-5-12(2,10(16)17)8-13-11(18)14(3)6-9(15)7-19-4/h9,15H,5-8H2,1-4H3,(H,13,18)(H,16,17). The second-order valence-electron chi connectivity index (χ2n) is 4.87. The monoisotopic (exact) mass is 276 g/mol. The predicted molar refractivity (Wildman–Crippen MR) is 69.9 cm³/mol. The number of ether oxygens (including phenoxy) is 1. The van der Waals surface area contributed by atoms with Gasteiger partial charge in [0.2, 0.25) is 0 Å². The predicted octanol–water partition coefficient (Wildman–Crippen LogP) is 0.136. The van der Waals surface area contributed by atoms with Crippen molar-refractivity contribution in [2.24, 2.45) is 5.41 Å². The highest BCUT2D eigenvalue weighted by atomic mass is 16.5. The lowest BCUT2D eigenvalue weighted by Crippen LogP contribution is -2.47. The largest absolute Gasteiger partial charge is 0.481 e. The van der Waals surface area contributed by atoms with Crippen molar-refractivity contribution in [1.29, 1.82) is 0 Å². The number of hydrogen-bond acceptors (Lipinski definition) is 4. The van der Waals surface area contributed by atoms with Crippen molar-refractivity contribution in [1.82, 2.24) is 10.2 Å². The third kappa shape index (κ3) is 5.89. The number of aliphatic carboxylic acids is 1. The normalized spacial score (nSPS) is 15.4. The highest BCUT2D eigenvalue weighted by molar-refractivity contribution is 5.77. The number of nitrogens with one attached hydrogen (secondary N) is 1. The second-order valence-corrected chi connectivity index (χ2v) is 4.87. The van der Waals surface area contributed by atoms with Gasteiger partial charge in [0.25, 0.3) is 0 Å². The second kappa shape index (κ2) is 7.96.